The molecule has 2 aromatic rings. The molecule has 1 aliphatic rings. The molecular weight excluding hydrogens is 309 g/mol. The molecule has 3 heterocycles. The van der Waals surface area contributed by atoms with Gasteiger partial charge >= 0.3 is 6.18 Å². The standard InChI is InChI=1S/C14H19F3N6/c1-2-11-5-12(23-13(21-11)19-9-20-23)18-6-10-3-4-22(7-10)8-14(15,16)17/h5,9-10,18H,2-4,6-8H2,1H3/t10-/m0/s1. The van der Waals surface area contributed by atoms with Crippen molar-refractivity contribution in [3.63, 3.8) is 0 Å². The quantitative estimate of drug-likeness (QED) is 0.909. The smallest absolute Gasteiger partial charge is 0.370 e. The van der Waals surface area contributed by atoms with Gasteiger partial charge < -0.3 is 5.32 Å². The van der Waals surface area contributed by atoms with E-state index in [9.17, 15) is 13.2 Å². The number of halogens is 3. The van der Waals surface area contributed by atoms with Crippen molar-refractivity contribution in [1.82, 2.24) is 24.5 Å². The molecule has 0 radical (unpaired) electrons. The lowest BCUT2D eigenvalue weighted by Crippen LogP contribution is -2.33. The zero-order valence-corrected chi connectivity index (χ0v) is 12.8. The molecule has 0 aliphatic carbocycles. The monoisotopic (exact) mass is 328 g/mol. The summed E-state index contributed by atoms with van der Waals surface area (Å²) in [5, 5.41) is 7.41. The third kappa shape index (κ3) is 3.90. The molecule has 0 amide bonds. The van der Waals surface area contributed by atoms with Crippen LogP contribution in [0.5, 0.6) is 0 Å². The van der Waals surface area contributed by atoms with Gasteiger partial charge in [0.2, 0.25) is 0 Å². The van der Waals surface area contributed by atoms with Crippen LogP contribution in [0.1, 0.15) is 19.0 Å². The van der Waals surface area contributed by atoms with Gasteiger partial charge in [-0.25, -0.2) is 4.98 Å². The van der Waals surface area contributed by atoms with Gasteiger partial charge in [0, 0.05) is 24.8 Å². The van der Waals surface area contributed by atoms with E-state index in [1.807, 2.05) is 13.0 Å². The lowest BCUT2D eigenvalue weighted by Gasteiger charge is -2.18. The normalized spacial score (nSPS) is 19.6. The number of hydrogen-bond acceptors (Lipinski definition) is 5. The fraction of sp³-hybridized carbons (Fsp3) is 0.643. The molecule has 1 N–H and O–H groups in total. The van der Waals surface area contributed by atoms with Gasteiger partial charge in [-0.15, -0.1) is 0 Å². The Morgan fingerprint density at radius 2 is 2.22 bits per heavy atom. The predicted molar refractivity (Wildman–Crippen MR) is 79.3 cm³/mol. The molecular formula is C14H19F3N6. The Kier molecular flexibility index (Phi) is 4.38. The number of aromatic nitrogens is 4. The molecule has 1 aliphatic heterocycles. The number of nitrogens with one attached hydrogen (secondary N) is 1. The fourth-order valence-electron chi connectivity index (χ4n) is 2.89. The molecule has 0 aromatic carbocycles. The molecule has 6 nitrogen and oxygen atoms in total. The maximum atomic E-state index is 12.4. The second kappa shape index (κ2) is 6.31. The van der Waals surface area contributed by atoms with Crippen molar-refractivity contribution in [2.24, 2.45) is 5.92 Å². The number of rotatable bonds is 5. The zero-order valence-electron chi connectivity index (χ0n) is 12.8. The first-order valence-electron chi connectivity index (χ1n) is 7.67. The minimum absolute atomic E-state index is 0.189. The molecule has 3 rings (SSSR count). The van der Waals surface area contributed by atoms with Crippen LogP contribution in [0.15, 0.2) is 12.4 Å². The topological polar surface area (TPSA) is 58.4 Å². The van der Waals surface area contributed by atoms with Crippen LogP contribution in [0.25, 0.3) is 5.78 Å². The lowest BCUT2D eigenvalue weighted by atomic mass is 10.1. The molecule has 0 bridgehead atoms. The van der Waals surface area contributed by atoms with Crippen molar-refractivity contribution in [3.05, 3.63) is 18.1 Å². The van der Waals surface area contributed by atoms with E-state index in [0.29, 0.717) is 25.4 Å². The highest BCUT2D eigenvalue weighted by molar-refractivity contribution is 5.45. The molecule has 1 saturated heterocycles. The number of fused-ring (bicyclic) bond motifs is 1. The SMILES string of the molecule is CCc1cc(NC[C@@H]2CCN(CC(F)(F)F)C2)n2ncnc2n1. The summed E-state index contributed by atoms with van der Waals surface area (Å²) < 4.78 is 38.9. The maximum absolute atomic E-state index is 12.4. The van der Waals surface area contributed by atoms with Crippen LogP contribution in [0.4, 0.5) is 19.0 Å². The van der Waals surface area contributed by atoms with Crippen LogP contribution in [-0.4, -0.2) is 56.8 Å². The average molecular weight is 328 g/mol. The van der Waals surface area contributed by atoms with Crippen LogP contribution in [0.3, 0.4) is 0 Å². The van der Waals surface area contributed by atoms with Gasteiger partial charge in [-0.05, 0) is 25.3 Å². The van der Waals surface area contributed by atoms with E-state index in [0.717, 1.165) is 24.4 Å². The maximum Gasteiger partial charge on any atom is 0.401 e. The molecule has 1 atom stereocenters. The summed E-state index contributed by atoms with van der Waals surface area (Å²) >= 11 is 0. The van der Waals surface area contributed by atoms with Gasteiger partial charge in [0.25, 0.3) is 5.78 Å². The van der Waals surface area contributed by atoms with Gasteiger partial charge in [0.05, 0.1) is 6.54 Å². The number of hydrogen-bond donors (Lipinski definition) is 1. The van der Waals surface area contributed by atoms with Gasteiger partial charge in [-0.3, -0.25) is 4.90 Å². The first-order valence-corrected chi connectivity index (χ1v) is 7.67. The number of anilines is 1. The van der Waals surface area contributed by atoms with Crippen LogP contribution in [0, 0.1) is 5.92 Å². The zero-order chi connectivity index (χ0) is 16.4. The van der Waals surface area contributed by atoms with Crippen molar-refractivity contribution in [2.75, 3.05) is 31.5 Å². The molecule has 126 valence electrons. The predicted octanol–water partition coefficient (Wildman–Crippen LogP) is 1.98. The van der Waals surface area contributed by atoms with E-state index in [1.54, 1.807) is 4.52 Å². The van der Waals surface area contributed by atoms with Crippen molar-refractivity contribution < 1.29 is 13.2 Å². The van der Waals surface area contributed by atoms with E-state index in [4.69, 9.17) is 0 Å². The highest BCUT2D eigenvalue weighted by atomic mass is 19.4. The van der Waals surface area contributed by atoms with Gasteiger partial charge in [0.15, 0.2) is 0 Å². The van der Waals surface area contributed by atoms with E-state index in [2.05, 4.69) is 20.4 Å². The molecule has 1 fully saturated rings. The summed E-state index contributed by atoms with van der Waals surface area (Å²) in [6.45, 7) is 2.73. The van der Waals surface area contributed by atoms with Crippen LogP contribution in [-0.2, 0) is 6.42 Å². The Morgan fingerprint density at radius 3 is 2.96 bits per heavy atom. The van der Waals surface area contributed by atoms with Crippen LogP contribution < -0.4 is 5.32 Å². The second-order valence-corrected chi connectivity index (χ2v) is 5.84. The summed E-state index contributed by atoms with van der Waals surface area (Å²) in [7, 11) is 0. The third-order valence-corrected chi connectivity index (χ3v) is 4.01. The van der Waals surface area contributed by atoms with Gasteiger partial charge in [-0.1, -0.05) is 6.92 Å². The number of nitrogens with zero attached hydrogens (tertiary/aromatic N) is 5. The van der Waals surface area contributed by atoms with Crippen LogP contribution in [0.2, 0.25) is 0 Å². The van der Waals surface area contributed by atoms with Crippen molar-refractivity contribution in [2.45, 2.75) is 25.9 Å². The van der Waals surface area contributed by atoms with Gasteiger partial charge in [0.1, 0.15) is 12.1 Å². The lowest BCUT2D eigenvalue weighted by molar-refractivity contribution is -0.143. The molecule has 9 heteroatoms. The number of likely N-dealkylation sites (tertiary alicyclic amines) is 1. The van der Waals surface area contributed by atoms with Gasteiger partial charge in [-0.2, -0.15) is 27.8 Å². The Balaban J connectivity index is 1.62. The van der Waals surface area contributed by atoms with E-state index < -0.39 is 12.7 Å². The minimum Gasteiger partial charge on any atom is -0.370 e. The summed E-state index contributed by atoms with van der Waals surface area (Å²) in [5.41, 5.74) is 0.901. The van der Waals surface area contributed by atoms with Crippen molar-refractivity contribution in [3.8, 4) is 0 Å². The van der Waals surface area contributed by atoms with E-state index >= 15 is 0 Å². The first-order chi connectivity index (χ1) is 10.9. The second-order valence-electron chi connectivity index (χ2n) is 5.84. The largest absolute Gasteiger partial charge is 0.401 e. The Hall–Kier alpha value is -1.90. The average Bonchev–Trinajstić information content (AvgIpc) is 3.11. The van der Waals surface area contributed by atoms with E-state index in [-0.39, 0.29) is 5.92 Å². The summed E-state index contributed by atoms with van der Waals surface area (Å²) in [4.78, 5) is 9.91. The Morgan fingerprint density at radius 1 is 1.39 bits per heavy atom. The van der Waals surface area contributed by atoms with Crippen LogP contribution >= 0.6 is 0 Å². The van der Waals surface area contributed by atoms with Crippen molar-refractivity contribution >= 4 is 11.6 Å². The fourth-order valence-corrected chi connectivity index (χ4v) is 2.89. The van der Waals surface area contributed by atoms with E-state index in [1.165, 1.54) is 11.2 Å². The summed E-state index contributed by atoms with van der Waals surface area (Å²) in [5.74, 6) is 1.49. The molecule has 0 spiro atoms. The minimum atomic E-state index is -4.13. The Labute approximate surface area is 131 Å². The first kappa shape index (κ1) is 16.0. The summed E-state index contributed by atoms with van der Waals surface area (Å²) in [6.07, 6.45) is -1.15. The molecule has 2 aromatic heterocycles. The van der Waals surface area contributed by atoms with Crippen molar-refractivity contribution in [1.29, 1.82) is 0 Å². The molecule has 23 heavy (non-hydrogen) atoms. The summed E-state index contributed by atoms with van der Waals surface area (Å²) in [6, 6.07) is 1.91. The Bertz CT molecular complexity index is 668. The molecule has 0 unspecified atom stereocenters. The molecule has 0 saturated carbocycles. The highest BCUT2D eigenvalue weighted by Crippen LogP contribution is 2.23. The third-order valence-electron chi connectivity index (χ3n) is 4.01. The number of alkyl halides is 3. The highest BCUT2D eigenvalue weighted by Gasteiger charge is 2.34. The number of aryl methyl sites for hydroxylation is 1.